The van der Waals surface area contributed by atoms with Crippen molar-refractivity contribution in [3.8, 4) is 0 Å². The molecule has 3 heteroatoms. The van der Waals surface area contributed by atoms with Crippen LogP contribution in [-0.2, 0) is 11.2 Å². The average Bonchev–Trinajstić information content (AvgIpc) is 2.42. The van der Waals surface area contributed by atoms with Crippen molar-refractivity contribution in [2.75, 3.05) is 7.11 Å². The number of ether oxygens (including phenoxy) is 1. The highest BCUT2D eigenvalue weighted by molar-refractivity contribution is 5.20. The van der Waals surface area contributed by atoms with E-state index in [9.17, 15) is 5.11 Å². The maximum Gasteiger partial charge on any atom is 0.108 e. The number of rotatable bonds is 5. The molecule has 1 heterocycles. The minimum Gasteiger partial charge on any atom is -0.390 e. The Balaban J connectivity index is 2.09. The molecule has 0 saturated carbocycles. The summed E-state index contributed by atoms with van der Waals surface area (Å²) in [4.78, 5) is 4.04. The van der Waals surface area contributed by atoms with Crippen molar-refractivity contribution < 1.29 is 9.84 Å². The van der Waals surface area contributed by atoms with E-state index in [-0.39, 0.29) is 6.10 Å². The van der Waals surface area contributed by atoms with Crippen molar-refractivity contribution >= 4 is 0 Å². The Morgan fingerprint density at radius 3 is 2.56 bits per heavy atom. The van der Waals surface area contributed by atoms with E-state index in [0.717, 1.165) is 11.1 Å². The minimum absolute atomic E-state index is 0.314. The zero-order valence-corrected chi connectivity index (χ0v) is 10.4. The first-order valence-corrected chi connectivity index (χ1v) is 5.96. The van der Waals surface area contributed by atoms with Crippen LogP contribution in [0.2, 0.25) is 0 Å². The van der Waals surface area contributed by atoms with Crippen LogP contribution in [0, 0.1) is 0 Å². The molecule has 18 heavy (non-hydrogen) atoms. The molecule has 1 aromatic heterocycles. The fraction of sp³-hybridized carbons (Fsp3) is 0.267. The van der Waals surface area contributed by atoms with Crippen LogP contribution in [0.15, 0.2) is 54.9 Å². The first-order chi connectivity index (χ1) is 8.81. The molecule has 0 aliphatic carbocycles. The largest absolute Gasteiger partial charge is 0.390 e. The van der Waals surface area contributed by atoms with E-state index in [1.54, 1.807) is 19.5 Å². The lowest BCUT2D eigenvalue weighted by molar-refractivity contribution is -0.0128. The van der Waals surface area contributed by atoms with E-state index < -0.39 is 6.10 Å². The molecule has 1 N–H and O–H groups in total. The number of aromatic nitrogens is 1. The van der Waals surface area contributed by atoms with Crippen LogP contribution in [-0.4, -0.2) is 23.3 Å². The van der Waals surface area contributed by atoms with Crippen LogP contribution in [0.3, 0.4) is 0 Å². The van der Waals surface area contributed by atoms with Gasteiger partial charge in [0.2, 0.25) is 0 Å². The second-order valence-corrected chi connectivity index (χ2v) is 4.20. The smallest absolute Gasteiger partial charge is 0.108 e. The number of pyridine rings is 1. The number of nitrogens with zero attached hydrogens (tertiary/aromatic N) is 1. The highest BCUT2D eigenvalue weighted by Crippen LogP contribution is 2.22. The average molecular weight is 243 g/mol. The van der Waals surface area contributed by atoms with E-state index in [1.807, 2.05) is 42.5 Å². The summed E-state index contributed by atoms with van der Waals surface area (Å²) in [6.45, 7) is 0. The number of hydrogen-bond donors (Lipinski definition) is 1. The third kappa shape index (κ3) is 3.15. The second-order valence-electron chi connectivity index (χ2n) is 4.20. The molecule has 2 rings (SSSR count). The Morgan fingerprint density at radius 1 is 1.17 bits per heavy atom. The van der Waals surface area contributed by atoms with Crippen molar-refractivity contribution in [2.24, 2.45) is 0 Å². The summed E-state index contributed by atoms with van der Waals surface area (Å²) < 4.78 is 5.40. The Morgan fingerprint density at radius 2 is 1.94 bits per heavy atom. The first-order valence-electron chi connectivity index (χ1n) is 5.96. The highest BCUT2D eigenvalue weighted by Gasteiger charge is 2.20. The molecular formula is C15H17NO2. The molecule has 94 valence electrons. The topological polar surface area (TPSA) is 42.4 Å². The van der Waals surface area contributed by atoms with Crippen LogP contribution in [0.5, 0.6) is 0 Å². The molecule has 0 spiro atoms. The van der Waals surface area contributed by atoms with Gasteiger partial charge in [-0.2, -0.15) is 0 Å². The molecule has 0 bridgehead atoms. The fourth-order valence-corrected chi connectivity index (χ4v) is 2.03. The molecule has 1 aromatic carbocycles. The summed E-state index contributed by atoms with van der Waals surface area (Å²) in [5.41, 5.74) is 1.99. The summed E-state index contributed by atoms with van der Waals surface area (Å²) in [7, 11) is 1.62. The number of methoxy groups -OCH3 is 1. The van der Waals surface area contributed by atoms with E-state index >= 15 is 0 Å². The SMILES string of the molecule is COC(c1ccccc1)C(O)Cc1cccnc1. The molecule has 0 aliphatic heterocycles. The van der Waals surface area contributed by atoms with Gasteiger partial charge in [0.25, 0.3) is 0 Å². The Hall–Kier alpha value is -1.71. The zero-order valence-electron chi connectivity index (χ0n) is 10.4. The van der Waals surface area contributed by atoms with Gasteiger partial charge in [-0.25, -0.2) is 0 Å². The van der Waals surface area contributed by atoms with Gasteiger partial charge >= 0.3 is 0 Å². The maximum absolute atomic E-state index is 10.3. The number of aliphatic hydroxyl groups excluding tert-OH is 1. The summed E-state index contributed by atoms with van der Waals surface area (Å²) in [5.74, 6) is 0. The summed E-state index contributed by atoms with van der Waals surface area (Å²) >= 11 is 0. The summed E-state index contributed by atoms with van der Waals surface area (Å²) in [5, 5.41) is 10.3. The quantitative estimate of drug-likeness (QED) is 0.876. The van der Waals surface area contributed by atoms with E-state index in [1.165, 1.54) is 0 Å². The normalized spacial score (nSPS) is 14.1. The third-order valence-corrected chi connectivity index (χ3v) is 2.90. The van der Waals surface area contributed by atoms with Crippen LogP contribution in [0.25, 0.3) is 0 Å². The number of aliphatic hydroxyl groups is 1. The maximum atomic E-state index is 10.3. The van der Waals surface area contributed by atoms with Gasteiger partial charge in [-0.15, -0.1) is 0 Å². The molecule has 2 unspecified atom stereocenters. The Bertz CT molecular complexity index is 458. The number of hydrogen-bond acceptors (Lipinski definition) is 3. The predicted octanol–water partition coefficient (Wildman–Crippen LogP) is 2.37. The molecule has 2 aromatic rings. The van der Waals surface area contributed by atoms with Gasteiger partial charge in [-0.3, -0.25) is 4.98 Å². The van der Waals surface area contributed by atoms with Crippen molar-refractivity contribution in [3.63, 3.8) is 0 Å². The molecule has 0 radical (unpaired) electrons. The molecule has 0 aliphatic rings. The van der Waals surface area contributed by atoms with E-state index in [4.69, 9.17) is 4.74 Å². The van der Waals surface area contributed by atoms with Crippen molar-refractivity contribution in [2.45, 2.75) is 18.6 Å². The van der Waals surface area contributed by atoms with Crippen LogP contribution in [0.1, 0.15) is 17.2 Å². The molecule has 0 amide bonds. The van der Waals surface area contributed by atoms with Crippen LogP contribution < -0.4 is 0 Å². The van der Waals surface area contributed by atoms with Gasteiger partial charge in [0.1, 0.15) is 6.10 Å². The monoisotopic (exact) mass is 243 g/mol. The molecule has 2 atom stereocenters. The van der Waals surface area contributed by atoms with Crippen LogP contribution >= 0.6 is 0 Å². The highest BCUT2D eigenvalue weighted by atomic mass is 16.5. The van der Waals surface area contributed by atoms with E-state index in [0.29, 0.717) is 6.42 Å². The third-order valence-electron chi connectivity index (χ3n) is 2.90. The lowest BCUT2D eigenvalue weighted by atomic mass is 9.99. The van der Waals surface area contributed by atoms with Gasteiger partial charge in [0, 0.05) is 25.9 Å². The van der Waals surface area contributed by atoms with Gasteiger partial charge in [-0.1, -0.05) is 36.4 Å². The fourth-order valence-electron chi connectivity index (χ4n) is 2.03. The summed E-state index contributed by atoms with van der Waals surface area (Å²) in [6.07, 6.45) is 3.12. The second kappa shape index (κ2) is 6.28. The zero-order chi connectivity index (χ0) is 12.8. The number of benzene rings is 1. The molecule has 3 nitrogen and oxygen atoms in total. The predicted molar refractivity (Wildman–Crippen MR) is 70.1 cm³/mol. The van der Waals surface area contributed by atoms with Crippen LogP contribution in [0.4, 0.5) is 0 Å². The molecular weight excluding hydrogens is 226 g/mol. The van der Waals surface area contributed by atoms with Gasteiger partial charge in [-0.05, 0) is 17.2 Å². The first kappa shape index (κ1) is 12.7. The van der Waals surface area contributed by atoms with Crippen molar-refractivity contribution in [1.29, 1.82) is 0 Å². The summed E-state index contributed by atoms with van der Waals surface area (Å²) in [6, 6.07) is 13.6. The van der Waals surface area contributed by atoms with E-state index in [2.05, 4.69) is 4.98 Å². The van der Waals surface area contributed by atoms with Crippen molar-refractivity contribution in [3.05, 3.63) is 66.0 Å². The molecule has 0 fully saturated rings. The van der Waals surface area contributed by atoms with Gasteiger partial charge in [0.15, 0.2) is 0 Å². The van der Waals surface area contributed by atoms with Gasteiger partial charge < -0.3 is 9.84 Å². The van der Waals surface area contributed by atoms with Gasteiger partial charge in [0.05, 0.1) is 6.10 Å². The molecule has 0 saturated heterocycles. The lowest BCUT2D eigenvalue weighted by Gasteiger charge is -2.22. The Labute approximate surface area is 107 Å². The lowest BCUT2D eigenvalue weighted by Crippen LogP contribution is -2.22. The Kier molecular flexibility index (Phi) is 4.45. The van der Waals surface area contributed by atoms with Crippen molar-refractivity contribution in [1.82, 2.24) is 4.98 Å². The minimum atomic E-state index is -0.582. The standard InChI is InChI=1S/C15H17NO2/c1-18-15(13-7-3-2-4-8-13)14(17)10-12-6-5-9-16-11-12/h2-9,11,14-15,17H,10H2,1H3.